The zero-order chi connectivity index (χ0) is 21.2. The lowest BCUT2D eigenvalue weighted by molar-refractivity contribution is 0.423. The van der Waals surface area contributed by atoms with E-state index in [4.69, 9.17) is 0 Å². The molecule has 0 saturated carbocycles. The highest BCUT2D eigenvalue weighted by Crippen LogP contribution is 2.32. The van der Waals surface area contributed by atoms with Crippen LogP contribution in [0.2, 0.25) is 0 Å². The van der Waals surface area contributed by atoms with Crippen LogP contribution in [0.3, 0.4) is 0 Å². The number of hydrogen-bond acceptors (Lipinski definition) is 4. The molecule has 0 aromatic heterocycles. The van der Waals surface area contributed by atoms with E-state index in [0.29, 0.717) is 42.9 Å². The second-order valence-corrected chi connectivity index (χ2v) is 11.3. The van der Waals surface area contributed by atoms with Gasteiger partial charge in [0.15, 0.2) is 0 Å². The highest BCUT2D eigenvalue weighted by atomic mass is 32.2. The van der Waals surface area contributed by atoms with Crippen LogP contribution in [0.1, 0.15) is 36.5 Å². The summed E-state index contributed by atoms with van der Waals surface area (Å²) in [7, 11) is -7.07. The summed E-state index contributed by atoms with van der Waals surface area (Å²) in [6.45, 7) is 6.38. The molecule has 29 heavy (non-hydrogen) atoms. The van der Waals surface area contributed by atoms with E-state index in [0.717, 1.165) is 12.0 Å². The summed E-state index contributed by atoms with van der Waals surface area (Å²) in [4.78, 5) is 0.228. The third kappa shape index (κ3) is 4.49. The summed E-state index contributed by atoms with van der Waals surface area (Å²) in [6, 6.07) is 12.8. The Kier molecular flexibility index (Phi) is 6.36. The van der Waals surface area contributed by atoms with Crippen LogP contribution in [-0.2, 0) is 26.6 Å². The molecule has 1 saturated heterocycles. The second kappa shape index (κ2) is 8.45. The van der Waals surface area contributed by atoms with Gasteiger partial charge in [0.1, 0.15) is 0 Å². The van der Waals surface area contributed by atoms with E-state index >= 15 is 0 Å². The third-order valence-electron chi connectivity index (χ3n) is 5.28. The number of anilines is 1. The van der Waals surface area contributed by atoms with Gasteiger partial charge < -0.3 is 0 Å². The lowest BCUT2D eigenvalue weighted by Gasteiger charge is -2.30. The molecule has 0 aliphatic carbocycles. The van der Waals surface area contributed by atoms with Gasteiger partial charge >= 0.3 is 0 Å². The SMILES string of the molecule is CCN(Cc1ccccc1)S(=O)(=O)c1cc(C)c(N2CCCCS2(=O)=O)cc1C. The van der Waals surface area contributed by atoms with Crippen LogP contribution in [0, 0.1) is 13.8 Å². The lowest BCUT2D eigenvalue weighted by atomic mass is 10.1. The van der Waals surface area contributed by atoms with Crippen LogP contribution in [0.5, 0.6) is 0 Å². The highest BCUT2D eigenvalue weighted by Gasteiger charge is 2.30. The number of rotatable bonds is 6. The molecule has 1 aliphatic rings. The summed E-state index contributed by atoms with van der Waals surface area (Å²) in [6.07, 6.45) is 1.47. The molecule has 0 atom stereocenters. The fourth-order valence-corrected chi connectivity index (χ4v) is 7.09. The molecule has 0 spiro atoms. The van der Waals surface area contributed by atoms with Crippen LogP contribution in [0.25, 0.3) is 0 Å². The molecule has 0 unspecified atom stereocenters. The van der Waals surface area contributed by atoms with Crippen LogP contribution in [0.15, 0.2) is 47.4 Å². The topological polar surface area (TPSA) is 74.8 Å². The smallest absolute Gasteiger partial charge is 0.243 e. The first kappa shape index (κ1) is 21.8. The second-order valence-electron chi connectivity index (χ2n) is 7.42. The molecule has 158 valence electrons. The Morgan fingerprint density at radius 3 is 2.34 bits per heavy atom. The normalized spacial score (nSPS) is 16.9. The molecular weight excluding hydrogens is 408 g/mol. The molecular formula is C21H28N2O4S2. The zero-order valence-corrected chi connectivity index (χ0v) is 18.8. The van der Waals surface area contributed by atoms with Crippen molar-refractivity contribution in [3.63, 3.8) is 0 Å². The lowest BCUT2D eigenvalue weighted by Crippen LogP contribution is -2.38. The van der Waals surface area contributed by atoms with Crippen molar-refractivity contribution in [3.8, 4) is 0 Å². The Balaban J connectivity index is 1.98. The predicted molar refractivity (Wildman–Crippen MR) is 116 cm³/mol. The van der Waals surface area contributed by atoms with Crippen LogP contribution >= 0.6 is 0 Å². The highest BCUT2D eigenvalue weighted by molar-refractivity contribution is 7.92. The minimum atomic E-state index is -3.71. The maximum atomic E-state index is 13.3. The molecule has 2 aromatic carbocycles. The number of hydrogen-bond donors (Lipinski definition) is 0. The summed E-state index contributed by atoms with van der Waals surface area (Å²) in [5.74, 6) is 0.131. The van der Waals surface area contributed by atoms with E-state index in [1.165, 1.54) is 8.61 Å². The summed E-state index contributed by atoms with van der Waals surface area (Å²) >= 11 is 0. The van der Waals surface area contributed by atoms with Crippen molar-refractivity contribution >= 4 is 25.7 Å². The summed E-state index contributed by atoms with van der Waals surface area (Å²) in [5.41, 5.74) is 2.70. The van der Waals surface area contributed by atoms with Crippen molar-refractivity contribution in [2.24, 2.45) is 0 Å². The summed E-state index contributed by atoms with van der Waals surface area (Å²) < 4.78 is 54.5. The molecule has 1 fully saturated rings. The van der Waals surface area contributed by atoms with Crippen LogP contribution < -0.4 is 4.31 Å². The molecule has 0 radical (unpaired) electrons. The standard InChI is InChI=1S/C21H28N2O4S2/c1-4-22(16-19-10-6-5-7-11-19)29(26,27)21-15-17(2)20(14-18(21)3)23-12-8-9-13-28(23,24)25/h5-7,10-11,14-15H,4,8-9,12-13,16H2,1-3H3. The molecule has 0 N–H and O–H groups in total. The molecule has 2 aromatic rings. The fourth-order valence-electron chi connectivity index (χ4n) is 3.67. The van der Waals surface area contributed by atoms with E-state index < -0.39 is 20.0 Å². The third-order valence-corrected chi connectivity index (χ3v) is 9.20. The van der Waals surface area contributed by atoms with Crippen molar-refractivity contribution in [1.29, 1.82) is 0 Å². The van der Waals surface area contributed by atoms with E-state index in [1.807, 2.05) is 37.3 Å². The average Bonchev–Trinajstić information content (AvgIpc) is 2.68. The largest absolute Gasteiger partial charge is 0.270 e. The fraction of sp³-hybridized carbons (Fsp3) is 0.429. The molecule has 0 bridgehead atoms. The van der Waals surface area contributed by atoms with Crippen molar-refractivity contribution in [2.75, 3.05) is 23.1 Å². The molecule has 1 heterocycles. The van der Waals surface area contributed by atoms with E-state index in [9.17, 15) is 16.8 Å². The monoisotopic (exact) mass is 436 g/mol. The van der Waals surface area contributed by atoms with Gasteiger partial charge in [-0.1, -0.05) is 37.3 Å². The molecule has 0 amide bonds. The Labute approximate surface area is 174 Å². The Morgan fingerprint density at radius 1 is 1.03 bits per heavy atom. The number of aryl methyl sites for hydroxylation is 2. The van der Waals surface area contributed by atoms with Crippen molar-refractivity contribution in [2.45, 2.75) is 45.1 Å². The molecule has 1 aliphatic heterocycles. The van der Waals surface area contributed by atoms with Crippen molar-refractivity contribution in [1.82, 2.24) is 4.31 Å². The summed E-state index contributed by atoms with van der Waals surface area (Å²) in [5, 5.41) is 0. The van der Waals surface area contributed by atoms with E-state index in [2.05, 4.69) is 0 Å². The van der Waals surface area contributed by atoms with Crippen LogP contribution in [0.4, 0.5) is 5.69 Å². The van der Waals surface area contributed by atoms with Gasteiger partial charge in [0.05, 0.1) is 16.3 Å². The quantitative estimate of drug-likeness (QED) is 0.695. The molecule has 6 nitrogen and oxygen atoms in total. The van der Waals surface area contributed by atoms with Gasteiger partial charge in [0.2, 0.25) is 20.0 Å². The van der Waals surface area contributed by atoms with E-state index in [1.54, 1.807) is 26.0 Å². The molecule has 8 heteroatoms. The van der Waals surface area contributed by atoms with Crippen LogP contribution in [-0.4, -0.2) is 40.0 Å². The first-order valence-electron chi connectivity index (χ1n) is 9.82. The number of benzene rings is 2. The Hall–Kier alpha value is -1.90. The van der Waals surface area contributed by atoms with Gasteiger partial charge in [-0.15, -0.1) is 0 Å². The average molecular weight is 437 g/mol. The van der Waals surface area contributed by atoms with Crippen molar-refractivity contribution < 1.29 is 16.8 Å². The minimum Gasteiger partial charge on any atom is -0.270 e. The van der Waals surface area contributed by atoms with Crippen molar-refractivity contribution in [3.05, 3.63) is 59.2 Å². The predicted octanol–water partition coefficient (Wildman–Crippen LogP) is 3.44. The Morgan fingerprint density at radius 2 is 1.72 bits per heavy atom. The van der Waals surface area contributed by atoms with Gasteiger partial charge in [0.25, 0.3) is 0 Å². The van der Waals surface area contributed by atoms with E-state index in [-0.39, 0.29) is 10.6 Å². The first-order chi connectivity index (χ1) is 13.7. The Bertz CT molecular complexity index is 1080. The zero-order valence-electron chi connectivity index (χ0n) is 17.1. The van der Waals surface area contributed by atoms with Gasteiger partial charge in [-0.2, -0.15) is 4.31 Å². The van der Waals surface area contributed by atoms with Gasteiger partial charge in [-0.3, -0.25) is 4.31 Å². The minimum absolute atomic E-state index is 0.131. The first-order valence-corrected chi connectivity index (χ1v) is 12.9. The number of nitrogens with zero attached hydrogens (tertiary/aromatic N) is 2. The van der Waals surface area contributed by atoms with Gasteiger partial charge in [-0.25, -0.2) is 16.8 Å². The molecule has 3 rings (SSSR count). The van der Waals surface area contributed by atoms with Gasteiger partial charge in [-0.05, 0) is 55.5 Å². The maximum Gasteiger partial charge on any atom is 0.243 e. The maximum absolute atomic E-state index is 13.3. The van der Waals surface area contributed by atoms with Gasteiger partial charge in [0, 0.05) is 19.6 Å². The number of sulfonamides is 2.